The maximum Gasteiger partial charge on any atom is 0.254 e. The number of nitrogens with zero attached hydrogens (tertiary/aromatic N) is 1. The molecule has 0 fully saturated rings. The Hall–Kier alpha value is -3.58. The number of anilines is 1. The van der Waals surface area contributed by atoms with Crippen molar-refractivity contribution in [2.75, 3.05) is 5.32 Å². The number of benzene rings is 1. The highest BCUT2D eigenvalue weighted by molar-refractivity contribution is 7.10. The minimum absolute atomic E-state index is 0.0151. The number of halogens is 1. The molecule has 1 amide bonds. The first kappa shape index (κ1) is 21.3. The molecule has 7 heteroatoms. The quantitative estimate of drug-likeness (QED) is 0.557. The fraction of sp³-hybridized carbons (Fsp3) is 0.192. The standard InChI is InChI=1S/C26H22FN3O2S/c1-15-23(26(32)30-18-7-4-6-17(27)14-18)25(19-8-2-3-10-28-19)24-20(29-15)12-16(13-21(24)31)22-9-5-11-33-22/h2-11,14,16,25,29H,12-13H2,1H3,(H,30,32). The minimum Gasteiger partial charge on any atom is -0.362 e. The second kappa shape index (κ2) is 8.75. The third kappa shape index (κ3) is 4.12. The van der Waals surface area contributed by atoms with Crippen molar-refractivity contribution in [1.82, 2.24) is 10.3 Å². The average molecular weight is 460 g/mol. The summed E-state index contributed by atoms with van der Waals surface area (Å²) in [5, 5.41) is 8.16. The molecule has 0 bridgehead atoms. The molecule has 2 aliphatic rings. The zero-order valence-corrected chi connectivity index (χ0v) is 18.8. The Morgan fingerprint density at radius 1 is 1.15 bits per heavy atom. The van der Waals surface area contributed by atoms with E-state index in [4.69, 9.17) is 0 Å². The monoisotopic (exact) mass is 459 g/mol. The van der Waals surface area contributed by atoms with Crippen LogP contribution in [0.5, 0.6) is 0 Å². The second-order valence-corrected chi connectivity index (χ2v) is 9.23. The van der Waals surface area contributed by atoms with Gasteiger partial charge in [0.25, 0.3) is 5.91 Å². The van der Waals surface area contributed by atoms with Gasteiger partial charge in [0.15, 0.2) is 5.78 Å². The number of hydrogen-bond acceptors (Lipinski definition) is 5. The van der Waals surface area contributed by atoms with Gasteiger partial charge >= 0.3 is 0 Å². The molecule has 0 radical (unpaired) electrons. The number of allylic oxidation sites excluding steroid dienone is 3. The second-order valence-electron chi connectivity index (χ2n) is 8.25. The van der Waals surface area contributed by atoms with Gasteiger partial charge in [-0.15, -0.1) is 11.3 Å². The lowest BCUT2D eigenvalue weighted by atomic mass is 9.73. The molecule has 1 aliphatic carbocycles. The van der Waals surface area contributed by atoms with Gasteiger partial charge in [-0.25, -0.2) is 4.39 Å². The molecule has 166 valence electrons. The zero-order valence-electron chi connectivity index (χ0n) is 18.0. The molecule has 2 N–H and O–H groups in total. The van der Waals surface area contributed by atoms with Crippen LogP contribution in [0.25, 0.3) is 0 Å². The number of ketones is 1. The van der Waals surface area contributed by atoms with Gasteiger partial charge in [-0.1, -0.05) is 18.2 Å². The summed E-state index contributed by atoms with van der Waals surface area (Å²) >= 11 is 1.65. The molecule has 33 heavy (non-hydrogen) atoms. The van der Waals surface area contributed by atoms with E-state index in [0.717, 1.165) is 5.70 Å². The van der Waals surface area contributed by atoms with E-state index in [0.29, 0.717) is 41.1 Å². The predicted octanol–water partition coefficient (Wildman–Crippen LogP) is 5.28. The number of hydrogen-bond donors (Lipinski definition) is 2. The number of pyridine rings is 1. The Balaban J connectivity index is 1.55. The topological polar surface area (TPSA) is 71.1 Å². The van der Waals surface area contributed by atoms with Crippen molar-refractivity contribution >= 4 is 28.7 Å². The van der Waals surface area contributed by atoms with Crippen LogP contribution in [-0.4, -0.2) is 16.7 Å². The minimum atomic E-state index is -0.590. The van der Waals surface area contributed by atoms with Crippen molar-refractivity contribution in [3.05, 3.63) is 105 Å². The Kier molecular flexibility index (Phi) is 5.64. The molecule has 5 rings (SSSR count). The normalized spacial score (nSPS) is 20.4. The van der Waals surface area contributed by atoms with Gasteiger partial charge in [0.2, 0.25) is 0 Å². The number of rotatable bonds is 4. The molecule has 0 spiro atoms. The summed E-state index contributed by atoms with van der Waals surface area (Å²) in [6.45, 7) is 1.83. The molecule has 2 aromatic heterocycles. The van der Waals surface area contributed by atoms with E-state index >= 15 is 0 Å². The van der Waals surface area contributed by atoms with Crippen LogP contribution in [0, 0.1) is 5.82 Å². The molecule has 1 aliphatic heterocycles. The van der Waals surface area contributed by atoms with Gasteiger partial charge in [0.1, 0.15) is 5.82 Å². The maximum atomic E-state index is 13.7. The summed E-state index contributed by atoms with van der Waals surface area (Å²) in [6.07, 6.45) is 2.75. The third-order valence-electron chi connectivity index (χ3n) is 6.08. The van der Waals surface area contributed by atoms with E-state index in [1.54, 1.807) is 29.7 Å². The van der Waals surface area contributed by atoms with Crippen LogP contribution in [0.15, 0.2) is 88.7 Å². The first-order chi connectivity index (χ1) is 16.0. The molecule has 0 saturated heterocycles. The zero-order chi connectivity index (χ0) is 22.9. The molecular formula is C26H22FN3O2S. The highest BCUT2D eigenvalue weighted by Crippen LogP contribution is 2.45. The summed E-state index contributed by atoms with van der Waals surface area (Å²) in [6, 6.07) is 15.3. The highest BCUT2D eigenvalue weighted by atomic mass is 32.1. The Labute approximate surface area is 195 Å². The summed E-state index contributed by atoms with van der Waals surface area (Å²) in [4.78, 5) is 32.6. The number of Topliss-reactive ketones (excluding diaryl/α,β-unsaturated/α-hetero) is 1. The molecule has 3 aromatic rings. The van der Waals surface area contributed by atoms with Crippen molar-refractivity contribution in [2.24, 2.45) is 0 Å². The van der Waals surface area contributed by atoms with E-state index in [1.165, 1.54) is 23.1 Å². The lowest BCUT2D eigenvalue weighted by Crippen LogP contribution is -2.37. The van der Waals surface area contributed by atoms with Crippen LogP contribution in [0.3, 0.4) is 0 Å². The van der Waals surface area contributed by atoms with E-state index in [9.17, 15) is 14.0 Å². The Morgan fingerprint density at radius 2 is 2.03 bits per heavy atom. The lowest BCUT2D eigenvalue weighted by Gasteiger charge is -2.36. The molecule has 5 nitrogen and oxygen atoms in total. The largest absolute Gasteiger partial charge is 0.362 e. The fourth-order valence-corrected chi connectivity index (χ4v) is 5.50. The Morgan fingerprint density at radius 3 is 2.76 bits per heavy atom. The fourth-order valence-electron chi connectivity index (χ4n) is 4.67. The molecule has 2 atom stereocenters. The van der Waals surface area contributed by atoms with Crippen LogP contribution in [0.1, 0.15) is 42.2 Å². The molecular weight excluding hydrogens is 437 g/mol. The van der Waals surface area contributed by atoms with Gasteiger partial charge in [-0.3, -0.25) is 14.6 Å². The van der Waals surface area contributed by atoms with Crippen LogP contribution in [-0.2, 0) is 9.59 Å². The van der Waals surface area contributed by atoms with Crippen molar-refractivity contribution in [3.63, 3.8) is 0 Å². The summed E-state index contributed by atoms with van der Waals surface area (Å²) in [5.41, 5.74) is 3.51. The van der Waals surface area contributed by atoms with Gasteiger partial charge in [0.05, 0.1) is 11.6 Å². The van der Waals surface area contributed by atoms with Gasteiger partial charge in [-0.05, 0) is 55.1 Å². The maximum absolute atomic E-state index is 13.7. The molecule has 3 heterocycles. The summed E-state index contributed by atoms with van der Waals surface area (Å²) < 4.78 is 13.7. The first-order valence-corrected chi connectivity index (χ1v) is 11.6. The van der Waals surface area contributed by atoms with Crippen molar-refractivity contribution < 1.29 is 14.0 Å². The van der Waals surface area contributed by atoms with Crippen molar-refractivity contribution in [2.45, 2.75) is 31.6 Å². The molecule has 1 aromatic carbocycles. The van der Waals surface area contributed by atoms with E-state index < -0.39 is 11.7 Å². The Bertz CT molecular complexity index is 1280. The number of dihydropyridines is 1. The van der Waals surface area contributed by atoms with Gasteiger partial charge in [0, 0.05) is 51.6 Å². The SMILES string of the molecule is CC1=C(C(=O)Nc2cccc(F)c2)C(c2ccccn2)C2=C(CC(c3cccs3)CC2=O)N1. The van der Waals surface area contributed by atoms with E-state index in [2.05, 4.69) is 21.7 Å². The van der Waals surface area contributed by atoms with Crippen LogP contribution in [0.4, 0.5) is 10.1 Å². The predicted molar refractivity (Wildman–Crippen MR) is 126 cm³/mol. The molecule has 2 unspecified atom stereocenters. The number of thiophene rings is 1. The third-order valence-corrected chi connectivity index (χ3v) is 7.12. The number of amides is 1. The van der Waals surface area contributed by atoms with Crippen LogP contribution < -0.4 is 10.6 Å². The highest BCUT2D eigenvalue weighted by Gasteiger charge is 2.41. The molecule has 0 saturated carbocycles. The first-order valence-electron chi connectivity index (χ1n) is 10.8. The number of carbonyl (C=O) groups excluding carboxylic acids is 2. The van der Waals surface area contributed by atoms with Crippen molar-refractivity contribution in [1.29, 1.82) is 0 Å². The average Bonchev–Trinajstić information content (AvgIpc) is 3.33. The lowest BCUT2D eigenvalue weighted by molar-refractivity contribution is -0.116. The number of nitrogens with one attached hydrogen (secondary N) is 2. The number of carbonyl (C=O) groups is 2. The van der Waals surface area contributed by atoms with Crippen LogP contribution in [0.2, 0.25) is 0 Å². The summed E-state index contributed by atoms with van der Waals surface area (Å²) in [7, 11) is 0. The summed E-state index contributed by atoms with van der Waals surface area (Å²) in [5.74, 6) is -1.28. The van der Waals surface area contributed by atoms with E-state index in [1.807, 2.05) is 30.5 Å². The van der Waals surface area contributed by atoms with Gasteiger partial charge in [-0.2, -0.15) is 0 Å². The number of aromatic nitrogens is 1. The van der Waals surface area contributed by atoms with Crippen LogP contribution >= 0.6 is 11.3 Å². The van der Waals surface area contributed by atoms with Gasteiger partial charge < -0.3 is 10.6 Å². The van der Waals surface area contributed by atoms with Crippen molar-refractivity contribution in [3.8, 4) is 0 Å². The van der Waals surface area contributed by atoms with E-state index in [-0.39, 0.29) is 17.6 Å². The smallest absolute Gasteiger partial charge is 0.254 e.